The smallest absolute Gasteiger partial charge is 0.253 e. The number of hydrogen-bond acceptors (Lipinski definition) is 1. The minimum absolute atomic E-state index is 0.0926. The van der Waals surface area contributed by atoms with Gasteiger partial charge in [0, 0.05) is 12.7 Å². The lowest BCUT2D eigenvalue weighted by Crippen LogP contribution is -2.24. The van der Waals surface area contributed by atoms with Crippen molar-refractivity contribution in [3.63, 3.8) is 0 Å². The van der Waals surface area contributed by atoms with Gasteiger partial charge in [0.25, 0.3) is 5.91 Å². The van der Waals surface area contributed by atoms with Gasteiger partial charge in [0.1, 0.15) is 0 Å². The zero-order valence-electron chi connectivity index (χ0n) is 7.36. The van der Waals surface area contributed by atoms with Gasteiger partial charge in [-0.3, -0.25) is 4.79 Å². The number of H-pyrrole nitrogens is 1. The molecule has 0 radical (unpaired) electrons. The number of aromatic nitrogens is 1. The highest BCUT2D eigenvalue weighted by Gasteiger charge is 2.05. The molecule has 0 aliphatic heterocycles. The summed E-state index contributed by atoms with van der Waals surface area (Å²) in [4.78, 5) is 14.2. The van der Waals surface area contributed by atoms with Gasteiger partial charge in [-0.1, -0.05) is 12.2 Å². The summed E-state index contributed by atoms with van der Waals surface area (Å²) < 4.78 is 0.799. The molecule has 0 bridgehead atoms. The van der Waals surface area contributed by atoms with E-state index >= 15 is 0 Å². The molecule has 1 amide bonds. The molecule has 0 atom stereocenters. The highest BCUT2D eigenvalue weighted by atomic mass is 79.9. The maximum absolute atomic E-state index is 11.4. The minimum atomic E-state index is -0.0926. The summed E-state index contributed by atoms with van der Waals surface area (Å²) >= 11 is 3.23. The number of carbonyl (C=O) groups is 1. The molecule has 1 aromatic heterocycles. The average Bonchev–Trinajstić information content (AvgIpc) is 2.47. The predicted octanol–water partition coefficient (Wildman–Crippen LogP) is 2.08. The van der Waals surface area contributed by atoms with Gasteiger partial charge >= 0.3 is 0 Å². The Labute approximate surface area is 85.4 Å². The van der Waals surface area contributed by atoms with E-state index in [9.17, 15) is 4.79 Å². The second-order valence-corrected chi connectivity index (χ2v) is 3.73. The van der Waals surface area contributed by atoms with Crippen molar-refractivity contribution in [3.05, 3.63) is 34.6 Å². The maximum atomic E-state index is 11.4. The van der Waals surface area contributed by atoms with Crippen molar-refractivity contribution in [2.24, 2.45) is 0 Å². The van der Waals surface area contributed by atoms with Crippen molar-refractivity contribution in [1.29, 1.82) is 0 Å². The van der Waals surface area contributed by atoms with E-state index in [2.05, 4.69) is 32.8 Å². The van der Waals surface area contributed by atoms with Gasteiger partial charge in [0.05, 0.1) is 10.2 Å². The molecule has 0 saturated carbocycles. The van der Waals surface area contributed by atoms with E-state index in [4.69, 9.17) is 0 Å². The summed E-state index contributed by atoms with van der Waals surface area (Å²) in [7, 11) is 0. The lowest BCUT2D eigenvalue weighted by molar-refractivity contribution is 0.0957. The normalized spacial score (nSPS) is 9.69. The second kappa shape index (κ2) is 4.28. The minimum Gasteiger partial charge on any atom is -0.355 e. The fourth-order valence-corrected chi connectivity index (χ4v) is 1.19. The molecule has 0 aliphatic rings. The molecule has 13 heavy (non-hydrogen) atoms. The number of aromatic amines is 1. The molecule has 1 aromatic rings. The molecule has 0 spiro atoms. The van der Waals surface area contributed by atoms with Crippen molar-refractivity contribution in [2.45, 2.75) is 6.92 Å². The third-order valence-electron chi connectivity index (χ3n) is 1.46. The first kappa shape index (κ1) is 10.1. The summed E-state index contributed by atoms with van der Waals surface area (Å²) in [6.07, 6.45) is 1.65. The van der Waals surface area contributed by atoms with Gasteiger partial charge in [-0.25, -0.2) is 0 Å². The van der Waals surface area contributed by atoms with Gasteiger partial charge < -0.3 is 10.3 Å². The monoisotopic (exact) mass is 242 g/mol. The van der Waals surface area contributed by atoms with Crippen LogP contribution in [0.5, 0.6) is 0 Å². The molecule has 0 aromatic carbocycles. The van der Waals surface area contributed by atoms with Gasteiger partial charge in [-0.2, -0.15) is 0 Å². The maximum Gasteiger partial charge on any atom is 0.253 e. The van der Waals surface area contributed by atoms with Crippen LogP contribution in [0.4, 0.5) is 0 Å². The highest BCUT2D eigenvalue weighted by Crippen LogP contribution is 2.09. The van der Waals surface area contributed by atoms with Crippen LogP contribution in [0.15, 0.2) is 29.0 Å². The van der Waals surface area contributed by atoms with Crippen LogP contribution in [0.25, 0.3) is 0 Å². The van der Waals surface area contributed by atoms with Gasteiger partial charge in [0.2, 0.25) is 0 Å². The Morgan fingerprint density at radius 3 is 2.92 bits per heavy atom. The Morgan fingerprint density at radius 2 is 2.46 bits per heavy atom. The SMILES string of the molecule is C=C(C)CNC(=O)c1c[nH]c(Br)c1. The van der Waals surface area contributed by atoms with Gasteiger partial charge in [0.15, 0.2) is 0 Å². The first-order chi connectivity index (χ1) is 6.09. The Hall–Kier alpha value is -1.03. The lowest BCUT2D eigenvalue weighted by atomic mass is 10.3. The third kappa shape index (κ3) is 3.06. The van der Waals surface area contributed by atoms with E-state index in [1.807, 2.05) is 6.92 Å². The second-order valence-electron chi connectivity index (χ2n) is 2.88. The van der Waals surface area contributed by atoms with Crippen molar-refractivity contribution >= 4 is 21.8 Å². The van der Waals surface area contributed by atoms with Crippen LogP contribution < -0.4 is 5.32 Å². The molecule has 1 heterocycles. The average molecular weight is 243 g/mol. The van der Waals surface area contributed by atoms with E-state index in [1.54, 1.807) is 12.3 Å². The molecule has 0 unspecified atom stereocenters. The summed E-state index contributed by atoms with van der Waals surface area (Å²) in [5.41, 5.74) is 1.55. The molecule has 2 N–H and O–H groups in total. The predicted molar refractivity (Wildman–Crippen MR) is 55.6 cm³/mol. The van der Waals surface area contributed by atoms with Crippen LogP contribution in [0.3, 0.4) is 0 Å². The first-order valence-electron chi connectivity index (χ1n) is 3.86. The summed E-state index contributed by atoms with van der Waals surface area (Å²) in [6, 6.07) is 1.73. The molecule has 70 valence electrons. The van der Waals surface area contributed by atoms with E-state index in [0.29, 0.717) is 12.1 Å². The highest BCUT2D eigenvalue weighted by molar-refractivity contribution is 9.10. The number of rotatable bonds is 3. The topological polar surface area (TPSA) is 44.9 Å². The van der Waals surface area contributed by atoms with Crippen LogP contribution >= 0.6 is 15.9 Å². The van der Waals surface area contributed by atoms with E-state index in [0.717, 1.165) is 10.2 Å². The molecule has 4 heteroatoms. The van der Waals surface area contributed by atoms with E-state index < -0.39 is 0 Å². The summed E-state index contributed by atoms with van der Waals surface area (Å²) in [5, 5.41) is 2.73. The fourth-order valence-electron chi connectivity index (χ4n) is 0.831. The molecule has 0 fully saturated rings. The lowest BCUT2D eigenvalue weighted by Gasteiger charge is -2.01. The van der Waals surface area contributed by atoms with Crippen molar-refractivity contribution in [3.8, 4) is 0 Å². The van der Waals surface area contributed by atoms with Crippen LogP contribution in [-0.4, -0.2) is 17.4 Å². The summed E-state index contributed by atoms with van der Waals surface area (Å²) in [6.45, 7) is 6.08. The van der Waals surface area contributed by atoms with Crippen LogP contribution in [0.1, 0.15) is 17.3 Å². The molecular weight excluding hydrogens is 232 g/mol. The zero-order chi connectivity index (χ0) is 9.84. The zero-order valence-corrected chi connectivity index (χ0v) is 8.94. The van der Waals surface area contributed by atoms with Crippen LogP contribution in [0, 0.1) is 0 Å². The van der Waals surface area contributed by atoms with Crippen LogP contribution in [0.2, 0.25) is 0 Å². The quantitative estimate of drug-likeness (QED) is 0.784. The molecule has 3 nitrogen and oxygen atoms in total. The Kier molecular flexibility index (Phi) is 3.31. The number of amides is 1. The van der Waals surface area contributed by atoms with Gasteiger partial charge in [-0.05, 0) is 28.9 Å². The van der Waals surface area contributed by atoms with E-state index in [1.165, 1.54) is 0 Å². The molecule has 1 rings (SSSR count). The standard InChI is InChI=1S/C9H11BrN2O/c1-6(2)4-12-9(13)7-3-8(10)11-5-7/h3,5,11H,1,4H2,2H3,(H,12,13). The number of nitrogens with one attached hydrogen (secondary N) is 2. The Bertz CT molecular complexity index is 330. The molecule has 0 saturated heterocycles. The fraction of sp³-hybridized carbons (Fsp3) is 0.222. The van der Waals surface area contributed by atoms with Crippen molar-refractivity contribution in [2.75, 3.05) is 6.54 Å². The Balaban J connectivity index is 2.54. The van der Waals surface area contributed by atoms with Gasteiger partial charge in [-0.15, -0.1) is 0 Å². The molecular formula is C9H11BrN2O. The number of halogens is 1. The largest absolute Gasteiger partial charge is 0.355 e. The number of hydrogen-bond donors (Lipinski definition) is 2. The summed E-state index contributed by atoms with van der Waals surface area (Å²) in [5.74, 6) is -0.0926. The van der Waals surface area contributed by atoms with Crippen molar-refractivity contribution < 1.29 is 4.79 Å². The molecule has 0 aliphatic carbocycles. The first-order valence-corrected chi connectivity index (χ1v) is 4.65. The van der Waals surface area contributed by atoms with Crippen LogP contribution in [-0.2, 0) is 0 Å². The third-order valence-corrected chi connectivity index (χ3v) is 1.92. The van der Waals surface area contributed by atoms with E-state index in [-0.39, 0.29) is 5.91 Å². The Morgan fingerprint density at radius 1 is 1.77 bits per heavy atom. The van der Waals surface area contributed by atoms with Crippen molar-refractivity contribution in [1.82, 2.24) is 10.3 Å². The number of carbonyl (C=O) groups excluding carboxylic acids is 1.